The molecule has 0 aromatic heterocycles. The topological polar surface area (TPSA) is 15.3 Å². The van der Waals surface area contributed by atoms with Crippen LogP contribution in [0.5, 0.6) is 0 Å². The molecule has 2 fully saturated rings. The van der Waals surface area contributed by atoms with E-state index in [4.69, 9.17) is 0 Å². The molecule has 1 N–H and O–H groups in total. The van der Waals surface area contributed by atoms with E-state index in [1.54, 1.807) is 0 Å². The summed E-state index contributed by atoms with van der Waals surface area (Å²) in [7, 11) is 2.39. The van der Waals surface area contributed by atoms with Crippen molar-refractivity contribution < 1.29 is 0 Å². The van der Waals surface area contributed by atoms with E-state index >= 15 is 0 Å². The largest absolute Gasteiger partial charge is 0.316 e. The number of hydrogen-bond acceptors (Lipinski definition) is 2. The Morgan fingerprint density at radius 1 is 1.11 bits per heavy atom. The summed E-state index contributed by atoms with van der Waals surface area (Å²) in [5, 5.41) is 3.65. The lowest BCUT2D eigenvalue weighted by Gasteiger charge is -2.42. The fourth-order valence-corrected chi connectivity index (χ4v) is 4.34. The molecule has 19 heavy (non-hydrogen) atoms. The molecular weight excluding hydrogens is 232 g/mol. The molecule has 0 radical (unpaired) electrons. The van der Waals surface area contributed by atoms with Gasteiger partial charge in [-0.2, -0.15) is 0 Å². The van der Waals surface area contributed by atoms with Gasteiger partial charge >= 0.3 is 0 Å². The van der Waals surface area contributed by atoms with Crippen molar-refractivity contribution in [2.24, 2.45) is 5.41 Å². The van der Waals surface area contributed by atoms with Gasteiger partial charge in [0.05, 0.1) is 0 Å². The third kappa shape index (κ3) is 4.46. The first-order chi connectivity index (χ1) is 9.26. The third-order valence-corrected chi connectivity index (χ3v) is 5.37. The molecule has 2 nitrogen and oxygen atoms in total. The maximum atomic E-state index is 3.65. The number of nitrogens with one attached hydrogen (secondary N) is 1. The standard InChI is InChI=1S/C17H34N2/c1-3-11-17(12-8-13-18-14-17)15-19(2)16-9-6-4-5-7-10-16/h16,18H,3-15H2,1-2H3. The van der Waals surface area contributed by atoms with Gasteiger partial charge in [0.2, 0.25) is 0 Å². The van der Waals surface area contributed by atoms with Gasteiger partial charge < -0.3 is 10.2 Å². The first-order valence-electron chi connectivity index (χ1n) is 8.67. The van der Waals surface area contributed by atoms with Crippen LogP contribution in [0.1, 0.15) is 71.1 Å². The van der Waals surface area contributed by atoms with Gasteiger partial charge in [-0.05, 0) is 51.1 Å². The molecule has 0 aromatic rings. The molecule has 0 bridgehead atoms. The predicted octanol–water partition coefficient (Wildman–Crippen LogP) is 3.81. The van der Waals surface area contributed by atoms with Crippen molar-refractivity contribution in [3.8, 4) is 0 Å². The van der Waals surface area contributed by atoms with Crippen molar-refractivity contribution in [1.29, 1.82) is 0 Å². The Hall–Kier alpha value is -0.0800. The lowest BCUT2D eigenvalue weighted by molar-refractivity contribution is 0.0906. The van der Waals surface area contributed by atoms with E-state index in [1.807, 2.05) is 0 Å². The summed E-state index contributed by atoms with van der Waals surface area (Å²) in [6, 6.07) is 0.859. The van der Waals surface area contributed by atoms with Crippen LogP contribution < -0.4 is 5.32 Å². The van der Waals surface area contributed by atoms with Crippen LogP contribution in [-0.4, -0.2) is 37.6 Å². The fraction of sp³-hybridized carbons (Fsp3) is 1.00. The van der Waals surface area contributed by atoms with Gasteiger partial charge in [-0.15, -0.1) is 0 Å². The van der Waals surface area contributed by atoms with Gasteiger partial charge in [0, 0.05) is 19.1 Å². The molecule has 2 aliphatic rings. The van der Waals surface area contributed by atoms with Gasteiger partial charge in [0.25, 0.3) is 0 Å². The van der Waals surface area contributed by atoms with Crippen LogP contribution in [0, 0.1) is 5.41 Å². The molecular formula is C17H34N2. The Balaban J connectivity index is 1.91. The number of hydrogen-bond donors (Lipinski definition) is 1. The minimum Gasteiger partial charge on any atom is -0.316 e. The van der Waals surface area contributed by atoms with Crippen molar-refractivity contribution >= 4 is 0 Å². The minimum atomic E-state index is 0.564. The highest BCUT2D eigenvalue weighted by molar-refractivity contribution is 4.89. The predicted molar refractivity (Wildman–Crippen MR) is 83.6 cm³/mol. The van der Waals surface area contributed by atoms with E-state index in [1.165, 1.54) is 83.8 Å². The molecule has 0 spiro atoms. The molecule has 1 saturated carbocycles. The monoisotopic (exact) mass is 266 g/mol. The second kappa shape index (κ2) is 7.64. The summed E-state index contributed by atoms with van der Waals surface area (Å²) in [4.78, 5) is 2.72. The Kier molecular flexibility index (Phi) is 6.15. The van der Waals surface area contributed by atoms with Crippen molar-refractivity contribution in [1.82, 2.24) is 10.2 Å². The van der Waals surface area contributed by atoms with Crippen LogP contribution in [0.3, 0.4) is 0 Å². The van der Waals surface area contributed by atoms with E-state index in [-0.39, 0.29) is 0 Å². The Labute approximate surface area is 120 Å². The molecule has 1 unspecified atom stereocenters. The van der Waals surface area contributed by atoms with Crippen LogP contribution in [-0.2, 0) is 0 Å². The average molecular weight is 266 g/mol. The van der Waals surface area contributed by atoms with Crippen LogP contribution >= 0.6 is 0 Å². The maximum absolute atomic E-state index is 3.65. The van der Waals surface area contributed by atoms with Crippen molar-refractivity contribution in [2.45, 2.75) is 77.2 Å². The SMILES string of the molecule is CCCC1(CN(C)C2CCCCCC2)CCCNC1. The van der Waals surface area contributed by atoms with Crippen molar-refractivity contribution in [2.75, 3.05) is 26.7 Å². The highest BCUT2D eigenvalue weighted by Gasteiger charge is 2.33. The molecule has 112 valence electrons. The molecule has 2 rings (SSSR count). The quantitative estimate of drug-likeness (QED) is 0.761. The normalized spacial score (nSPS) is 30.5. The fourth-order valence-electron chi connectivity index (χ4n) is 4.34. The second-order valence-electron chi connectivity index (χ2n) is 7.09. The Morgan fingerprint density at radius 3 is 2.42 bits per heavy atom. The molecule has 1 heterocycles. The first-order valence-corrected chi connectivity index (χ1v) is 8.67. The molecule has 1 aliphatic heterocycles. The lowest BCUT2D eigenvalue weighted by Crippen LogP contribution is -2.49. The van der Waals surface area contributed by atoms with Crippen molar-refractivity contribution in [3.05, 3.63) is 0 Å². The zero-order valence-corrected chi connectivity index (χ0v) is 13.2. The van der Waals surface area contributed by atoms with Crippen LogP contribution in [0.2, 0.25) is 0 Å². The second-order valence-corrected chi connectivity index (χ2v) is 7.09. The number of rotatable bonds is 5. The summed E-state index contributed by atoms with van der Waals surface area (Å²) in [5.41, 5.74) is 0.564. The summed E-state index contributed by atoms with van der Waals surface area (Å²) in [6.45, 7) is 6.15. The van der Waals surface area contributed by atoms with Crippen LogP contribution in [0.4, 0.5) is 0 Å². The molecule has 1 atom stereocenters. The summed E-state index contributed by atoms with van der Waals surface area (Å²) in [5.74, 6) is 0. The van der Waals surface area contributed by atoms with Gasteiger partial charge in [0.1, 0.15) is 0 Å². The molecule has 1 aliphatic carbocycles. The lowest BCUT2D eigenvalue weighted by atomic mass is 9.76. The van der Waals surface area contributed by atoms with E-state index in [9.17, 15) is 0 Å². The molecule has 0 amide bonds. The van der Waals surface area contributed by atoms with E-state index in [0.29, 0.717) is 5.41 Å². The Morgan fingerprint density at radius 2 is 1.84 bits per heavy atom. The first kappa shape index (κ1) is 15.3. The van der Waals surface area contributed by atoms with Crippen LogP contribution in [0.25, 0.3) is 0 Å². The number of nitrogens with zero attached hydrogens (tertiary/aromatic N) is 1. The van der Waals surface area contributed by atoms with E-state index < -0.39 is 0 Å². The minimum absolute atomic E-state index is 0.564. The zero-order valence-electron chi connectivity index (χ0n) is 13.2. The zero-order chi connectivity index (χ0) is 13.6. The maximum Gasteiger partial charge on any atom is 0.00924 e. The molecule has 2 heteroatoms. The van der Waals surface area contributed by atoms with Gasteiger partial charge in [-0.3, -0.25) is 0 Å². The Bertz CT molecular complexity index is 232. The summed E-state index contributed by atoms with van der Waals surface area (Å²) < 4.78 is 0. The summed E-state index contributed by atoms with van der Waals surface area (Å²) in [6.07, 6.45) is 14.2. The van der Waals surface area contributed by atoms with Gasteiger partial charge in [0.15, 0.2) is 0 Å². The summed E-state index contributed by atoms with van der Waals surface area (Å²) >= 11 is 0. The van der Waals surface area contributed by atoms with E-state index in [0.717, 1.165) is 6.04 Å². The highest BCUT2D eigenvalue weighted by Crippen LogP contribution is 2.34. The van der Waals surface area contributed by atoms with Crippen molar-refractivity contribution in [3.63, 3.8) is 0 Å². The third-order valence-electron chi connectivity index (χ3n) is 5.37. The number of piperidine rings is 1. The average Bonchev–Trinajstić information content (AvgIpc) is 2.69. The van der Waals surface area contributed by atoms with Gasteiger partial charge in [-0.25, -0.2) is 0 Å². The van der Waals surface area contributed by atoms with Crippen LogP contribution in [0.15, 0.2) is 0 Å². The smallest absolute Gasteiger partial charge is 0.00924 e. The highest BCUT2D eigenvalue weighted by atomic mass is 15.1. The molecule has 0 aromatic carbocycles. The molecule has 1 saturated heterocycles. The van der Waals surface area contributed by atoms with E-state index in [2.05, 4.69) is 24.2 Å². The van der Waals surface area contributed by atoms with Gasteiger partial charge in [-0.1, -0.05) is 39.0 Å².